The van der Waals surface area contributed by atoms with Crippen LogP contribution in [0.3, 0.4) is 0 Å². The Labute approximate surface area is 96.4 Å². The lowest BCUT2D eigenvalue weighted by molar-refractivity contribution is 1.05. The zero-order chi connectivity index (χ0) is 11.5. The third-order valence-corrected chi connectivity index (χ3v) is 2.62. The van der Waals surface area contributed by atoms with Gasteiger partial charge in [-0.1, -0.05) is 31.2 Å². The van der Waals surface area contributed by atoms with Gasteiger partial charge in [0.1, 0.15) is 0 Å². The van der Waals surface area contributed by atoms with Crippen molar-refractivity contribution in [2.24, 2.45) is 0 Å². The van der Waals surface area contributed by atoms with Crippen LogP contribution in [0.5, 0.6) is 0 Å². The standard InChI is InChI=1S/C14H16N2/c1-4-12-7-5-6-8-13(12)14-15-10(2)9-11(3)16-14/h5-9H,4H2,1-3H3. The summed E-state index contributed by atoms with van der Waals surface area (Å²) >= 11 is 0. The molecule has 0 aliphatic heterocycles. The highest BCUT2D eigenvalue weighted by Crippen LogP contribution is 2.21. The van der Waals surface area contributed by atoms with Crippen LogP contribution in [-0.2, 0) is 6.42 Å². The highest BCUT2D eigenvalue weighted by molar-refractivity contribution is 5.60. The molecule has 0 fully saturated rings. The van der Waals surface area contributed by atoms with Crippen LogP contribution in [0.4, 0.5) is 0 Å². The molecule has 0 aliphatic carbocycles. The van der Waals surface area contributed by atoms with Crippen LogP contribution in [0.2, 0.25) is 0 Å². The molecule has 0 bridgehead atoms. The summed E-state index contributed by atoms with van der Waals surface area (Å²) in [6.45, 7) is 6.17. The number of rotatable bonds is 2. The van der Waals surface area contributed by atoms with Gasteiger partial charge in [-0.2, -0.15) is 0 Å². The van der Waals surface area contributed by atoms with E-state index in [0.29, 0.717) is 0 Å². The number of nitrogens with zero attached hydrogens (tertiary/aromatic N) is 2. The summed E-state index contributed by atoms with van der Waals surface area (Å²) in [5.74, 6) is 0.843. The molecule has 0 unspecified atom stereocenters. The van der Waals surface area contributed by atoms with Crippen molar-refractivity contribution in [3.8, 4) is 11.4 Å². The number of aryl methyl sites for hydroxylation is 3. The van der Waals surface area contributed by atoms with Crippen molar-refractivity contribution in [3.05, 3.63) is 47.3 Å². The van der Waals surface area contributed by atoms with E-state index < -0.39 is 0 Å². The first kappa shape index (κ1) is 10.8. The van der Waals surface area contributed by atoms with Gasteiger partial charge in [-0.3, -0.25) is 0 Å². The Morgan fingerprint density at radius 2 is 1.62 bits per heavy atom. The van der Waals surface area contributed by atoms with E-state index in [-0.39, 0.29) is 0 Å². The number of benzene rings is 1. The molecular formula is C14H16N2. The average molecular weight is 212 g/mol. The van der Waals surface area contributed by atoms with Crippen molar-refractivity contribution < 1.29 is 0 Å². The Bertz CT molecular complexity index is 484. The second-order valence-electron chi connectivity index (χ2n) is 3.99. The minimum absolute atomic E-state index is 0.843. The minimum atomic E-state index is 0.843. The summed E-state index contributed by atoms with van der Waals surface area (Å²) in [7, 11) is 0. The number of aromatic nitrogens is 2. The topological polar surface area (TPSA) is 25.8 Å². The van der Waals surface area contributed by atoms with E-state index in [1.165, 1.54) is 5.56 Å². The van der Waals surface area contributed by atoms with Crippen LogP contribution in [0.15, 0.2) is 30.3 Å². The fourth-order valence-corrected chi connectivity index (χ4v) is 1.89. The maximum atomic E-state index is 4.50. The van der Waals surface area contributed by atoms with E-state index in [2.05, 4.69) is 35.1 Å². The molecule has 2 aromatic rings. The van der Waals surface area contributed by atoms with Crippen LogP contribution >= 0.6 is 0 Å². The highest BCUT2D eigenvalue weighted by Gasteiger charge is 2.06. The van der Waals surface area contributed by atoms with Crippen molar-refractivity contribution in [2.45, 2.75) is 27.2 Å². The highest BCUT2D eigenvalue weighted by atomic mass is 14.9. The van der Waals surface area contributed by atoms with Gasteiger partial charge in [0.15, 0.2) is 5.82 Å². The van der Waals surface area contributed by atoms with Gasteiger partial charge >= 0.3 is 0 Å². The van der Waals surface area contributed by atoms with Gasteiger partial charge in [0.2, 0.25) is 0 Å². The van der Waals surface area contributed by atoms with Gasteiger partial charge in [-0.15, -0.1) is 0 Å². The molecule has 0 N–H and O–H groups in total. The average Bonchev–Trinajstić information content (AvgIpc) is 2.27. The fourth-order valence-electron chi connectivity index (χ4n) is 1.89. The fraction of sp³-hybridized carbons (Fsp3) is 0.286. The number of hydrogen-bond acceptors (Lipinski definition) is 2. The molecule has 0 amide bonds. The van der Waals surface area contributed by atoms with Crippen molar-refractivity contribution in [3.63, 3.8) is 0 Å². The Morgan fingerprint density at radius 1 is 1.00 bits per heavy atom. The van der Waals surface area contributed by atoms with Crippen molar-refractivity contribution in [1.82, 2.24) is 9.97 Å². The van der Waals surface area contributed by atoms with E-state index in [4.69, 9.17) is 0 Å². The van der Waals surface area contributed by atoms with Crippen LogP contribution in [0.25, 0.3) is 11.4 Å². The SMILES string of the molecule is CCc1ccccc1-c1nc(C)cc(C)n1. The molecule has 16 heavy (non-hydrogen) atoms. The summed E-state index contributed by atoms with van der Waals surface area (Å²) in [5.41, 5.74) is 4.49. The van der Waals surface area contributed by atoms with Gasteiger partial charge in [-0.05, 0) is 31.9 Å². The van der Waals surface area contributed by atoms with Gasteiger partial charge in [0.25, 0.3) is 0 Å². The summed E-state index contributed by atoms with van der Waals surface area (Å²) in [6, 6.07) is 10.3. The maximum absolute atomic E-state index is 4.50. The molecule has 2 heteroatoms. The van der Waals surface area contributed by atoms with Crippen LogP contribution in [-0.4, -0.2) is 9.97 Å². The van der Waals surface area contributed by atoms with Crippen LogP contribution in [0.1, 0.15) is 23.9 Å². The normalized spacial score (nSPS) is 10.4. The van der Waals surface area contributed by atoms with Crippen molar-refractivity contribution in [1.29, 1.82) is 0 Å². The molecule has 0 aliphatic rings. The molecule has 0 saturated heterocycles. The number of hydrogen-bond donors (Lipinski definition) is 0. The molecule has 1 aromatic carbocycles. The molecule has 1 heterocycles. The first-order valence-electron chi connectivity index (χ1n) is 5.61. The van der Waals surface area contributed by atoms with Crippen molar-refractivity contribution >= 4 is 0 Å². The molecule has 0 saturated carbocycles. The van der Waals surface area contributed by atoms with Gasteiger partial charge in [-0.25, -0.2) is 9.97 Å². The van der Waals surface area contributed by atoms with Crippen molar-refractivity contribution in [2.75, 3.05) is 0 Å². The van der Waals surface area contributed by atoms with Gasteiger partial charge in [0, 0.05) is 17.0 Å². The molecule has 82 valence electrons. The lowest BCUT2D eigenvalue weighted by Crippen LogP contribution is -1.97. The Balaban J connectivity index is 2.58. The van der Waals surface area contributed by atoms with E-state index in [0.717, 1.165) is 29.2 Å². The predicted octanol–water partition coefficient (Wildman–Crippen LogP) is 3.32. The van der Waals surface area contributed by atoms with E-state index >= 15 is 0 Å². The second-order valence-corrected chi connectivity index (χ2v) is 3.99. The summed E-state index contributed by atoms with van der Waals surface area (Å²) in [4.78, 5) is 9.00. The monoisotopic (exact) mass is 212 g/mol. The Morgan fingerprint density at radius 3 is 2.25 bits per heavy atom. The molecule has 0 spiro atoms. The van der Waals surface area contributed by atoms with Gasteiger partial charge in [0.05, 0.1) is 0 Å². The molecular weight excluding hydrogens is 196 g/mol. The third-order valence-electron chi connectivity index (χ3n) is 2.62. The Hall–Kier alpha value is -1.70. The summed E-state index contributed by atoms with van der Waals surface area (Å²) in [6.07, 6.45) is 1.01. The largest absolute Gasteiger partial charge is 0.233 e. The van der Waals surface area contributed by atoms with E-state index in [1.807, 2.05) is 26.0 Å². The zero-order valence-corrected chi connectivity index (χ0v) is 9.99. The van der Waals surface area contributed by atoms with E-state index in [9.17, 15) is 0 Å². The first-order valence-corrected chi connectivity index (χ1v) is 5.61. The first-order chi connectivity index (χ1) is 7.70. The quantitative estimate of drug-likeness (QED) is 0.763. The molecule has 0 atom stereocenters. The van der Waals surface area contributed by atoms with Gasteiger partial charge < -0.3 is 0 Å². The Kier molecular flexibility index (Phi) is 3.00. The lowest BCUT2D eigenvalue weighted by atomic mass is 10.0. The molecule has 0 radical (unpaired) electrons. The second kappa shape index (κ2) is 4.44. The van der Waals surface area contributed by atoms with E-state index in [1.54, 1.807) is 0 Å². The van der Waals surface area contributed by atoms with Crippen LogP contribution < -0.4 is 0 Å². The predicted molar refractivity (Wildman–Crippen MR) is 66.3 cm³/mol. The lowest BCUT2D eigenvalue weighted by Gasteiger charge is -2.07. The molecule has 2 rings (SSSR count). The van der Waals surface area contributed by atoms with Crippen LogP contribution in [0, 0.1) is 13.8 Å². The molecule has 1 aromatic heterocycles. The third kappa shape index (κ3) is 2.11. The minimum Gasteiger partial charge on any atom is -0.233 e. The smallest absolute Gasteiger partial charge is 0.159 e. The summed E-state index contributed by atoms with van der Waals surface area (Å²) < 4.78 is 0. The molecule has 2 nitrogen and oxygen atoms in total. The zero-order valence-electron chi connectivity index (χ0n) is 9.99. The summed E-state index contributed by atoms with van der Waals surface area (Å²) in [5, 5.41) is 0. The maximum Gasteiger partial charge on any atom is 0.159 e.